The number of hydrogen-bond acceptors (Lipinski definition) is 8. The highest BCUT2D eigenvalue weighted by Gasteiger charge is 2.22. The van der Waals surface area contributed by atoms with Crippen molar-refractivity contribution < 1.29 is 42.9 Å². The van der Waals surface area contributed by atoms with E-state index in [-0.39, 0.29) is 32.7 Å². The first kappa shape index (κ1) is 86.1. The van der Waals surface area contributed by atoms with E-state index in [9.17, 15) is 19.5 Å². The number of nitrogens with zero attached hydrogens (tertiary/aromatic N) is 1. The Labute approximate surface area is 567 Å². The number of aliphatic carboxylic acids is 1. The van der Waals surface area contributed by atoms with Crippen LogP contribution in [0, 0.1) is 0 Å². The predicted octanol–water partition coefficient (Wildman–Crippen LogP) is 21.1. The minimum atomic E-state index is -1.66. The van der Waals surface area contributed by atoms with E-state index in [1.165, 1.54) is 0 Å². The Hall–Kier alpha value is -6.91. The number of quaternary nitrogens is 1. The molecular formula is C84H125NO8. The van der Waals surface area contributed by atoms with Crippen molar-refractivity contribution in [1.29, 1.82) is 0 Å². The summed E-state index contributed by atoms with van der Waals surface area (Å²) in [5.41, 5.74) is 0. The zero-order valence-corrected chi connectivity index (χ0v) is 58.5. The molecule has 0 aliphatic carbocycles. The van der Waals surface area contributed by atoms with Gasteiger partial charge in [-0.2, -0.15) is 0 Å². The molecule has 0 aliphatic rings. The lowest BCUT2D eigenvalue weighted by molar-refractivity contribution is -0.870. The maximum Gasteiger partial charge on any atom is 0.306 e. The Morgan fingerprint density at radius 2 is 0.591 bits per heavy atom. The van der Waals surface area contributed by atoms with Gasteiger partial charge in [-0.15, -0.1) is 0 Å². The number of carbonyl (C=O) groups excluding carboxylic acids is 3. The lowest BCUT2D eigenvalue weighted by atomic mass is 10.1. The summed E-state index contributed by atoms with van der Waals surface area (Å²) in [6, 6.07) is 0. The summed E-state index contributed by atoms with van der Waals surface area (Å²) in [5, 5.41) is 11.8. The van der Waals surface area contributed by atoms with Crippen molar-refractivity contribution in [3.63, 3.8) is 0 Å². The fourth-order valence-electron chi connectivity index (χ4n) is 8.31. The molecule has 93 heavy (non-hydrogen) atoms. The molecule has 0 aliphatic heterocycles. The molecule has 0 spiro atoms. The third-order valence-electron chi connectivity index (χ3n) is 13.6. The largest absolute Gasteiger partial charge is 0.545 e. The molecule has 0 heterocycles. The number of ether oxygens (including phenoxy) is 4. The summed E-state index contributed by atoms with van der Waals surface area (Å²) >= 11 is 0. The summed E-state index contributed by atoms with van der Waals surface area (Å²) in [6.45, 7) is 4.38. The van der Waals surface area contributed by atoms with Gasteiger partial charge in [-0.25, -0.2) is 0 Å². The van der Waals surface area contributed by atoms with Crippen molar-refractivity contribution in [3.8, 4) is 0 Å². The van der Waals surface area contributed by atoms with Crippen LogP contribution in [-0.4, -0.2) is 82.3 Å². The molecule has 9 heteroatoms. The summed E-state index contributed by atoms with van der Waals surface area (Å²) in [7, 11) is 5.88. The molecule has 0 rings (SSSR count). The minimum Gasteiger partial charge on any atom is -0.545 e. The number of unbranched alkanes of at least 4 members (excludes halogenated alkanes) is 6. The van der Waals surface area contributed by atoms with Gasteiger partial charge in [-0.3, -0.25) is 9.59 Å². The predicted molar refractivity (Wildman–Crippen MR) is 397 cm³/mol. The molecule has 0 radical (unpaired) electrons. The van der Waals surface area contributed by atoms with Crippen LogP contribution >= 0.6 is 0 Å². The fourth-order valence-corrected chi connectivity index (χ4v) is 8.31. The Kier molecular flexibility index (Phi) is 65.7. The summed E-state index contributed by atoms with van der Waals surface area (Å²) < 4.78 is 22.7. The van der Waals surface area contributed by atoms with Crippen molar-refractivity contribution in [2.24, 2.45) is 0 Å². The quantitative estimate of drug-likeness (QED) is 0.0195. The van der Waals surface area contributed by atoms with Crippen LogP contribution in [0.25, 0.3) is 0 Å². The smallest absolute Gasteiger partial charge is 0.306 e. The Morgan fingerprint density at radius 1 is 0.323 bits per heavy atom. The highest BCUT2D eigenvalue weighted by molar-refractivity contribution is 5.70. The van der Waals surface area contributed by atoms with Gasteiger partial charge in [0.1, 0.15) is 13.2 Å². The van der Waals surface area contributed by atoms with Crippen LogP contribution in [0.3, 0.4) is 0 Å². The summed E-state index contributed by atoms with van der Waals surface area (Å²) in [5.74, 6) is -2.42. The standard InChI is InChI=1S/C84H125NO8/c1-6-8-10-12-14-16-18-20-22-24-26-28-30-32-34-36-37-38-39-40-41-42-43-44-45-47-49-51-53-55-57-59-61-63-65-67-69-71-73-75-82(87)93-80(79-92-84(83(88)89)90-77-76-85(3,4)5)78-91-81(86)74-72-70-68-66-64-62-60-58-56-54-52-50-48-46-35-33-31-29-27-25-23-21-19-17-15-13-11-9-7-2/h8-11,14-17,20-23,26-29,32-35,37-38,40-41,43-44,47-50,53-56,59-62,66,68,80,84H,6-7,12-13,18-19,24-25,30-31,36,39,42,45-46,51-52,57-58,63-65,67,69-79H2,1-5H3/b10-8-,11-9-,16-14-,17-15-,22-20-,23-21-,28-26-,29-27-,34-32-,35-33-,38-37-,41-40-,44-43-,49-47-,50-48-,55-53-,56-54-,61-59-,62-60-,68-66-. The summed E-state index contributed by atoms with van der Waals surface area (Å²) in [6.07, 6.45) is 112. The highest BCUT2D eigenvalue weighted by atomic mass is 16.7. The van der Waals surface area contributed by atoms with Crippen LogP contribution in [-0.2, 0) is 33.3 Å². The van der Waals surface area contributed by atoms with Gasteiger partial charge in [0.25, 0.3) is 0 Å². The monoisotopic (exact) mass is 1280 g/mol. The second-order valence-corrected chi connectivity index (χ2v) is 23.3. The molecule has 0 amide bonds. The molecule has 2 unspecified atom stereocenters. The average Bonchev–Trinajstić information content (AvgIpc) is 3.38. The first-order chi connectivity index (χ1) is 45.6. The van der Waals surface area contributed by atoms with Crippen LogP contribution in [0.15, 0.2) is 243 Å². The van der Waals surface area contributed by atoms with Crippen molar-refractivity contribution in [3.05, 3.63) is 243 Å². The molecule has 0 aromatic carbocycles. The maximum absolute atomic E-state index is 12.9. The molecular weight excluding hydrogens is 1150 g/mol. The van der Waals surface area contributed by atoms with E-state index in [0.717, 1.165) is 161 Å². The van der Waals surface area contributed by atoms with Gasteiger partial charge in [0.15, 0.2) is 12.4 Å². The van der Waals surface area contributed by atoms with Crippen LogP contribution in [0.2, 0.25) is 0 Å². The molecule has 0 bridgehead atoms. The van der Waals surface area contributed by atoms with Gasteiger partial charge in [0, 0.05) is 12.8 Å². The van der Waals surface area contributed by atoms with E-state index >= 15 is 0 Å². The van der Waals surface area contributed by atoms with Crippen molar-refractivity contribution in [2.45, 2.75) is 219 Å². The molecule has 0 aromatic rings. The first-order valence-corrected chi connectivity index (χ1v) is 35.2. The van der Waals surface area contributed by atoms with Crippen LogP contribution < -0.4 is 5.11 Å². The average molecular weight is 1280 g/mol. The van der Waals surface area contributed by atoms with Gasteiger partial charge in [-0.1, -0.05) is 276 Å². The number of rotatable bonds is 61. The lowest BCUT2D eigenvalue weighted by Gasteiger charge is -2.26. The maximum atomic E-state index is 12.9. The third-order valence-corrected chi connectivity index (χ3v) is 13.6. The Balaban J connectivity index is 4.36. The minimum absolute atomic E-state index is 0.119. The van der Waals surface area contributed by atoms with Gasteiger partial charge >= 0.3 is 11.9 Å². The number of carbonyl (C=O) groups is 3. The van der Waals surface area contributed by atoms with Crippen molar-refractivity contribution in [2.75, 3.05) is 47.5 Å². The Bertz CT molecular complexity index is 2430. The van der Waals surface area contributed by atoms with Crippen molar-refractivity contribution >= 4 is 17.9 Å². The molecule has 0 saturated carbocycles. The van der Waals surface area contributed by atoms with Crippen molar-refractivity contribution in [1.82, 2.24) is 0 Å². The third kappa shape index (κ3) is 72.4. The van der Waals surface area contributed by atoms with E-state index in [0.29, 0.717) is 30.3 Å². The van der Waals surface area contributed by atoms with Gasteiger partial charge in [0.2, 0.25) is 0 Å². The molecule has 0 saturated heterocycles. The number of esters is 2. The zero-order valence-electron chi connectivity index (χ0n) is 58.5. The van der Waals surface area contributed by atoms with E-state index in [1.807, 2.05) is 21.1 Å². The van der Waals surface area contributed by atoms with Crippen LogP contribution in [0.4, 0.5) is 0 Å². The Morgan fingerprint density at radius 3 is 0.892 bits per heavy atom. The molecule has 0 aromatic heterocycles. The topological polar surface area (TPSA) is 111 Å². The molecule has 0 N–H and O–H groups in total. The highest BCUT2D eigenvalue weighted by Crippen LogP contribution is 2.12. The van der Waals surface area contributed by atoms with E-state index in [4.69, 9.17) is 18.9 Å². The van der Waals surface area contributed by atoms with E-state index in [2.05, 4.69) is 257 Å². The van der Waals surface area contributed by atoms with Crippen LogP contribution in [0.1, 0.15) is 206 Å². The van der Waals surface area contributed by atoms with Gasteiger partial charge in [0.05, 0.1) is 40.3 Å². The van der Waals surface area contributed by atoms with Gasteiger partial charge < -0.3 is 33.3 Å². The molecule has 2 atom stereocenters. The van der Waals surface area contributed by atoms with E-state index in [1.54, 1.807) is 0 Å². The molecule has 0 fully saturated rings. The van der Waals surface area contributed by atoms with E-state index < -0.39 is 30.3 Å². The second kappa shape index (κ2) is 70.9. The van der Waals surface area contributed by atoms with Gasteiger partial charge in [-0.05, 0) is 161 Å². The normalized spacial score (nSPS) is 14.2. The number of hydrogen-bond donors (Lipinski definition) is 0. The SMILES string of the molecule is CC/C=C\C/C=C\C/C=C\C/C=C\C/C=C\C/C=C\C/C=C\C/C=C\C/C=C\C/C=C\C/C=C\CCCCCCCC(=O)OC(COC(=O)CCC/C=C\C/C=C\C/C=C\C/C=C\C/C=C\C/C=C\C/C=C\C/C=C\C/C=C\CC)COC(OCC[N+](C)(C)C)C(=O)[O-]. The number of allylic oxidation sites excluding steroid dienone is 40. The molecule has 514 valence electrons. The lowest BCUT2D eigenvalue weighted by Crippen LogP contribution is -2.44. The zero-order chi connectivity index (χ0) is 67.5. The van der Waals surface area contributed by atoms with Crippen LogP contribution in [0.5, 0.6) is 0 Å². The number of carboxylic acids is 1. The second-order valence-electron chi connectivity index (χ2n) is 23.3. The number of likely N-dealkylation sites (N-methyl/N-ethyl adjacent to an activating group) is 1. The number of carboxylic acid groups (broad SMARTS) is 1. The summed E-state index contributed by atoms with van der Waals surface area (Å²) in [4.78, 5) is 37.5. The first-order valence-electron chi connectivity index (χ1n) is 35.2. The fraction of sp³-hybridized carbons (Fsp3) is 0.488. The molecule has 9 nitrogen and oxygen atoms in total.